The molecule has 1 aliphatic heterocycles. The third-order valence-electron chi connectivity index (χ3n) is 5.47. The van der Waals surface area contributed by atoms with E-state index in [9.17, 15) is 27.6 Å². The molecule has 0 aliphatic carbocycles. The van der Waals surface area contributed by atoms with Crippen LogP contribution in [0.15, 0.2) is 34.2 Å². The molecule has 0 saturated heterocycles. The van der Waals surface area contributed by atoms with Gasteiger partial charge in [-0.15, -0.1) is 11.3 Å². The number of thioether (sulfide) groups is 1. The highest BCUT2D eigenvalue weighted by atomic mass is 32.2. The van der Waals surface area contributed by atoms with Gasteiger partial charge in [-0.3, -0.25) is 23.9 Å². The standard InChI is InChI=1S/C21H19F3N4O3S2/c1-10-11(2)33-18-17(10)19(31)27(3)20(26-18)32-9-16(30)28-13-7-5-4-6-12(13)25-15(29)8-14(28)21(22,23)24/h4-7,14H,8-9H2,1-3H3,(H,25,29). The molecule has 33 heavy (non-hydrogen) atoms. The van der Waals surface area contributed by atoms with Gasteiger partial charge in [-0.1, -0.05) is 23.9 Å². The second kappa shape index (κ2) is 8.49. The number of rotatable bonds is 3. The highest BCUT2D eigenvalue weighted by molar-refractivity contribution is 7.99. The molecule has 0 bridgehead atoms. The van der Waals surface area contributed by atoms with E-state index in [4.69, 9.17) is 0 Å². The van der Waals surface area contributed by atoms with Crippen LogP contribution < -0.4 is 15.8 Å². The van der Waals surface area contributed by atoms with Crippen LogP contribution in [0.1, 0.15) is 16.9 Å². The SMILES string of the molecule is Cc1sc2nc(SCC(=O)N3c4ccccc4NC(=O)CC3C(F)(F)F)n(C)c(=O)c2c1C. The number of fused-ring (bicyclic) bond motifs is 2. The van der Waals surface area contributed by atoms with Crippen molar-refractivity contribution in [1.29, 1.82) is 0 Å². The summed E-state index contributed by atoms with van der Waals surface area (Å²) in [5.41, 5.74) is 0.657. The molecule has 0 radical (unpaired) electrons. The van der Waals surface area contributed by atoms with Crippen molar-refractivity contribution >= 4 is 56.5 Å². The fourth-order valence-electron chi connectivity index (χ4n) is 3.68. The zero-order valence-corrected chi connectivity index (χ0v) is 19.5. The summed E-state index contributed by atoms with van der Waals surface area (Å²) >= 11 is 2.23. The first-order chi connectivity index (χ1) is 15.5. The lowest BCUT2D eigenvalue weighted by atomic mass is 10.1. The molecule has 0 spiro atoms. The zero-order chi connectivity index (χ0) is 24.1. The lowest BCUT2D eigenvalue weighted by Crippen LogP contribution is -2.50. The first kappa shape index (κ1) is 23.3. The van der Waals surface area contributed by atoms with Crippen LogP contribution >= 0.6 is 23.1 Å². The molecule has 174 valence electrons. The van der Waals surface area contributed by atoms with Gasteiger partial charge in [0.05, 0.1) is 28.9 Å². The van der Waals surface area contributed by atoms with Gasteiger partial charge in [0.2, 0.25) is 11.8 Å². The van der Waals surface area contributed by atoms with Crippen LogP contribution in [0.25, 0.3) is 10.2 Å². The number of carbonyl (C=O) groups excluding carboxylic acids is 2. The van der Waals surface area contributed by atoms with Crippen molar-refractivity contribution in [3.05, 3.63) is 45.1 Å². The summed E-state index contributed by atoms with van der Waals surface area (Å²) in [7, 11) is 1.51. The van der Waals surface area contributed by atoms with Crippen LogP contribution in [0, 0.1) is 13.8 Å². The van der Waals surface area contributed by atoms with Crippen molar-refractivity contribution in [1.82, 2.24) is 9.55 Å². The molecule has 7 nitrogen and oxygen atoms in total. The molecule has 12 heteroatoms. The van der Waals surface area contributed by atoms with Crippen molar-refractivity contribution in [3.63, 3.8) is 0 Å². The van der Waals surface area contributed by atoms with Crippen molar-refractivity contribution in [2.75, 3.05) is 16.0 Å². The number of anilines is 2. The Hall–Kier alpha value is -2.86. The number of amides is 2. The number of thiophene rings is 1. The molecule has 2 aromatic heterocycles. The predicted octanol–water partition coefficient (Wildman–Crippen LogP) is 4.01. The van der Waals surface area contributed by atoms with Gasteiger partial charge < -0.3 is 5.32 Å². The van der Waals surface area contributed by atoms with Gasteiger partial charge in [-0.25, -0.2) is 4.98 Å². The Morgan fingerprint density at radius 2 is 1.97 bits per heavy atom. The van der Waals surface area contributed by atoms with Crippen molar-refractivity contribution in [3.8, 4) is 0 Å². The highest BCUT2D eigenvalue weighted by Crippen LogP contribution is 2.38. The molecule has 4 rings (SSSR count). The topological polar surface area (TPSA) is 84.3 Å². The van der Waals surface area contributed by atoms with E-state index in [1.807, 2.05) is 13.8 Å². The summed E-state index contributed by atoms with van der Waals surface area (Å²) in [4.78, 5) is 44.5. The van der Waals surface area contributed by atoms with Crippen LogP contribution in [-0.4, -0.2) is 39.3 Å². The van der Waals surface area contributed by atoms with Gasteiger partial charge in [0.25, 0.3) is 5.56 Å². The predicted molar refractivity (Wildman–Crippen MR) is 122 cm³/mol. The monoisotopic (exact) mass is 496 g/mol. The molecule has 1 unspecified atom stereocenters. The van der Waals surface area contributed by atoms with E-state index in [1.54, 1.807) is 6.07 Å². The normalized spacial score (nSPS) is 16.5. The van der Waals surface area contributed by atoms with E-state index < -0.39 is 36.2 Å². The van der Waals surface area contributed by atoms with Gasteiger partial charge in [0, 0.05) is 11.9 Å². The Morgan fingerprint density at radius 1 is 1.27 bits per heavy atom. The van der Waals surface area contributed by atoms with E-state index in [-0.39, 0.29) is 22.1 Å². The third-order valence-corrected chi connectivity index (χ3v) is 7.58. The second-order valence-corrected chi connectivity index (χ2v) is 9.75. The number of halogens is 3. The number of aryl methyl sites for hydroxylation is 2. The van der Waals surface area contributed by atoms with Gasteiger partial charge in [-0.2, -0.15) is 13.2 Å². The summed E-state index contributed by atoms with van der Waals surface area (Å²) in [5.74, 6) is -2.07. The Kier molecular flexibility index (Phi) is 5.99. The van der Waals surface area contributed by atoms with Gasteiger partial charge in [-0.05, 0) is 31.5 Å². The lowest BCUT2D eigenvalue weighted by Gasteiger charge is -2.31. The number of benzene rings is 1. The van der Waals surface area contributed by atoms with Crippen LogP contribution in [0.2, 0.25) is 0 Å². The summed E-state index contributed by atoms with van der Waals surface area (Å²) in [6.07, 6.45) is -5.73. The fraction of sp³-hybridized carbons (Fsp3) is 0.333. The Balaban J connectivity index is 1.69. The third kappa shape index (κ3) is 4.24. The number of nitrogens with one attached hydrogen (secondary N) is 1. The van der Waals surface area contributed by atoms with Crippen LogP contribution in [0.5, 0.6) is 0 Å². The van der Waals surface area contributed by atoms with Gasteiger partial charge >= 0.3 is 6.18 Å². The summed E-state index contributed by atoms with van der Waals surface area (Å²) < 4.78 is 42.9. The molecular weight excluding hydrogens is 477 g/mol. The van der Waals surface area contributed by atoms with E-state index in [0.717, 1.165) is 22.2 Å². The lowest BCUT2D eigenvalue weighted by molar-refractivity contribution is -0.157. The van der Waals surface area contributed by atoms with E-state index in [0.29, 0.717) is 15.1 Å². The maximum absolute atomic E-state index is 13.9. The number of carbonyl (C=O) groups is 2. The number of hydrogen-bond acceptors (Lipinski definition) is 6. The minimum atomic E-state index is -4.81. The molecule has 1 atom stereocenters. The maximum atomic E-state index is 13.9. The summed E-state index contributed by atoms with van der Waals surface area (Å²) in [5, 5.41) is 3.16. The smallest absolute Gasteiger partial charge is 0.324 e. The molecule has 3 aromatic rings. The van der Waals surface area contributed by atoms with Crippen LogP contribution in [-0.2, 0) is 16.6 Å². The molecule has 2 amide bonds. The average molecular weight is 497 g/mol. The van der Waals surface area contributed by atoms with Crippen LogP contribution in [0.3, 0.4) is 0 Å². The molecule has 1 aromatic carbocycles. The number of aromatic nitrogens is 2. The van der Waals surface area contributed by atoms with Gasteiger partial charge in [0.15, 0.2) is 5.16 Å². The number of nitrogens with zero attached hydrogens (tertiary/aromatic N) is 3. The average Bonchev–Trinajstić information content (AvgIpc) is 2.92. The first-order valence-electron chi connectivity index (χ1n) is 9.86. The number of alkyl halides is 3. The highest BCUT2D eigenvalue weighted by Gasteiger charge is 2.48. The van der Waals surface area contributed by atoms with Crippen molar-refractivity contribution in [2.45, 2.75) is 37.6 Å². The van der Waals surface area contributed by atoms with Crippen LogP contribution in [0.4, 0.5) is 24.5 Å². The summed E-state index contributed by atoms with van der Waals surface area (Å²) in [6, 6.07) is 3.55. The van der Waals surface area contributed by atoms with Crippen molar-refractivity contribution in [2.24, 2.45) is 7.05 Å². The minimum Gasteiger partial charge on any atom is -0.324 e. The van der Waals surface area contributed by atoms with E-state index in [2.05, 4.69) is 10.3 Å². The molecule has 1 aliphatic rings. The largest absolute Gasteiger partial charge is 0.409 e. The van der Waals surface area contributed by atoms with E-state index in [1.165, 1.54) is 41.2 Å². The summed E-state index contributed by atoms with van der Waals surface area (Å²) in [6.45, 7) is 3.71. The Labute approximate surface area is 194 Å². The fourth-order valence-corrected chi connectivity index (χ4v) is 5.58. The first-order valence-corrected chi connectivity index (χ1v) is 11.7. The van der Waals surface area contributed by atoms with E-state index >= 15 is 0 Å². The zero-order valence-electron chi connectivity index (χ0n) is 17.8. The number of para-hydroxylation sites is 2. The molecule has 1 N–H and O–H groups in total. The maximum Gasteiger partial charge on any atom is 0.409 e. The molecule has 0 saturated carbocycles. The quantitative estimate of drug-likeness (QED) is 0.438. The minimum absolute atomic E-state index is 0.0296. The van der Waals surface area contributed by atoms with Gasteiger partial charge in [0.1, 0.15) is 10.9 Å². The van der Waals surface area contributed by atoms with Crippen molar-refractivity contribution < 1.29 is 22.8 Å². The number of hydrogen-bond donors (Lipinski definition) is 1. The molecule has 3 heterocycles. The second-order valence-electron chi connectivity index (χ2n) is 7.60. The Morgan fingerprint density at radius 3 is 2.67 bits per heavy atom. The molecule has 0 fully saturated rings. The molecular formula is C21H19F3N4O3S2. The Bertz CT molecular complexity index is 1330.